The van der Waals surface area contributed by atoms with E-state index in [1.807, 2.05) is 0 Å². The van der Waals surface area contributed by atoms with Gasteiger partial charge >= 0.3 is 0 Å². The van der Waals surface area contributed by atoms with E-state index in [0.717, 1.165) is 4.57 Å². The maximum Gasteiger partial charge on any atom is 0.287 e. The Hall–Kier alpha value is -4.43. The summed E-state index contributed by atoms with van der Waals surface area (Å²) in [6, 6.07) is 1.46. The second kappa shape index (κ2) is 13.7. The van der Waals surface area contributed by atoms with Gasteiger partial charge in [-0.25, -0.2) is 13.8 Å². The molecule has 2 heterocycles. The summed E-state index contributed by atoms with van der Waals surface area (Å²) in [5.41, 5.74) is -1.53. The Morgan fingerprint density at radius 3 is 2.62 bits per heavy atom. The molecule has 4 amide bonds. The number of hydrogen-bond donors (Lipinski definition) is 4. The molecule has 13 nitrogen and oxygen atoms in total. The number of carbonyl (C=O) groups excluding carboxylic acids is 5. The van der Waals surface area contributed by atoms with Crippen LogP contribution in [-0.2, 0) is 32.8 Å². The molecule has 45 heavy (non-hydrogen) atoms. The molecule has 2 saturated carbocycles. The van der Waals surface area contributed by atoms with Gasteiger partial charge in [-0.1, -0.05) is 13.3 Å². The zero-order chi connectivity index (χ0) is 32.9. The number of Topliss-reactive ketones (excluding diaryl/α,β-unsaturated/α-hetero) is 1. The van der Waals surface area contributed by atoms with Crippen molar-refractivity contribution in [2.75, 3.05) is 11.9 Å². The van der Waals surface area contributed by atoms with Crippen molar-refractivity contribution in [1.82, 2.24) is 30.1 Å². The number of pyridine rings is 1. The fourth-order valence-corrected chi connectivity index (χ4v) is 6.36. The van der Waals surface area contributed by atoms with Crippen molar-refractivity contribution in [1.29, 1.82) is 0 Å². The molecule has 15 heteroatoms. The smallest absolute Gasteiger partial charge is 0.287 e. The van der Waals surface area contributed by atoms with Crippen molar-refractivity contribution in [3.8, 4) is 0 Å². The van der Waals surface area contributed by atoms with Crippen LogP contribution in [0.4, 0.5) is 14.5 Å². The molecule has 244 valence electrons. The number of aromatic nitrogens is 3. The fraction of sp³-hybridized carbons (Fsp3) is 0.567. The van der Waals surface area contributed by atoms with Gasteiger partial charge < -0.3 is 30.4 Å². The summed E-state index contributed by atoms with van der Waals surface area (Å²) in [6.45, 7) is 2.98. The number of aryl methyl sites for hydroxylation is 1. The third-order valence-electron chi connectivity index (χ3n) is 8.66. The lowest BCUT2D eigenvalue weighted by Gasteiger charge is -2.51. The Morgan fingerprint density at radius 1 is 1.18 bits per heavy atom. The van der Waals surface area contributed by atoms with E-state index in [-0.39, 0.29) is 43.6 Å². The second-order valence-electron chi connectivity index (χ2n) is 12.0. The third kappa shape index (κ3) is 7.63. The van der Waals surface area contributed by atoms with Gasteiger partial charge in [-0.05, 0) is 51.2 Å². The zero-order valence-corrected chi connectivity index (χ0v) is 25.5. The van der Waals surface area contributed by atoms with Crippen molar-refractivity contribution >= 4 is 35.1 Å². The Balaban J connectivity index is 1.46. The quantitative estimate of drug-likeness (QED) is 0.257. The number of ketones is 1. The van der Waals surface area contributed by atoms with Gasteiger partial charge in [-0.15, -0.1) is 0 Å². The van der Waals surface area contributed by atoms with Crippen molar-refractivity contribution in [2.24, 2.45) is 18.9 Å². The van der Waals surface area contributed by atoms with Crippen LogP contribution in [0.2, 0.25) is 0 Å². The van der Waals surface area contributed by atoms with Crippen LogP contribution in [0, 0.1) is 11.8 Å². The van der Waals surface area contributed by atoms with Crippen LogP contribution >= 0.6 is 0 Å². The summed E-state index contributed by atoms with van der Waals surface area (Å²) < 4.78 is 31.8. The lowest BCUT2D eigenvalue weighted by Crippen LogP contribution is -2.60. The minimum absolute atomic E-state index is 0.135. The number of hydrogen-bond acceptors (Lipinski definition) is 7. The number of carbonyl (C=O) groups is 5. The molecule has 2 aliphatic carbocycles. The Labute approximate surface area is 258 Å². The molecule has 4 unspecified atom stereocenters. The Kier molecular flexibility index (Phi) is 10.2. The van der Waals surface area contributed by atoms with E-state index in [1.165, 1.54) is 42.3 Å². The molecule has 0 spiro atoms. The molecule has 2 fully saturated rings. The van der Waals surface area contributed by atoms with Gasteiger partial charge in [0.05, 0.1) is 12.5 Å². The maximum absolute atomic E-state index is 14.6. The molecule has 2 aromatic rings. The van der Waals surface area contributed by atoms with Gasteiger partial charge in [-0.3, -0.25) is 28.8 Å². The molecule has 0 aromatic carbocycles. The molecule has 0 radical (unpaired) electrons. The first-order valence-electron chi connectivity index (χ1n) is 15.0. The van der Waals surface area contributed by atoms with Crippen LogP contribution < -0.4 is 26.8 Å². The SMILES string of the molecule is CCNC(=O)C(=O)CCC(NC(=O)c1cncn1C)C(=O)Nc1cccn(CC(=O)NC23CCCC(C2)C(F)(F)C(C)C3)c1=O. The summed E-state index contributed by atoms with van der Waals surface area (Å²) >= 11 is 0. The Morgan fingerprint density at radius 2 is 1.93 bits per heavy atom. The summed E-state index contributed by atoms with van der Waals surface area (Å²) in [7, 11) is 1.58. The van der Waals surface area contributed by atoms with E-state index in [2.05, 4.69) is 26.3 Å². The highest BCUT2D eigenvalue weighted by atomic mass is 19.3. The average molecular weight is 632 g/mol. The highest BCUT2D eigenvalue weighted by Crippen LogP contribution is 2.52. The number of likely N-dealkylation sites (N-methyl/N-ethyl adjacent to an activating group) is 1. The van der Waals surface area contributed by atoms with E-state index < -0.39 is 70.9 Å². The summed E-state index contributed by atoms with van der Waals surface area (Å²) in [5, 5.41) is 10.3. The molecule has 2 aromatic heterocycles. The average Bonchev–Trinajstić information content (AvgIpc) is 3.42. The molecule has 2 aliphatic rings. The van der Waals surface area contributed by atoms with Crippen molar-refractivity contribution in [2.45, 2.75) is 82.8 Å². The number of amides is 4. The fourth-order valence-electron chi connectivity index (χ4n) is 6.36. The normalized spacial score (nSPS) is 22.5. The molecule has 0 saturated heterocycles. The second-order valence-corrected chi connectivity index (χ2v) is 12.0. The topological polar surface area (TPSA) is 173 Å². The van der Waals surface area contributed by atoms with Crippen LogP contribution in [0.3, 0.4) is 0 Å². The van der Waals surface area contributed by atoms with E-state index >= 15 is 0 Å². The molecular formula is C30H39F2N7O6. The molecule has 0 aliphatic heterocycles. The van der Waals surface area contributed by atoms with E-state index in [9.17, 15) is 37.5 Å². The highest BCUT2D eigenvalue weighted by molar-refractivity contribution is 6.36. The van der Waals surface area contributed by atoms with E-state index in [1.54, 1.807) is 14.0 Å². The molecule has 4 atom stereocenters. The largest absolute Gasteiger partial charge is 0.350 e. The van der Waals surface area contributed by atoms with Crippen LogP contribution in [0.1, 0.15) is 69.3 Å². The number of nitrogens with zero attached hydrogens (tertiary/aromatic N) is 3. The van der Waals surface area contributed by atoms with Gasteiger partial charge in [-0.2, -0.15) is 0 Å². The highest BCUT2D eigenvalue weighted by Gasteiger charge is 2.56. The van der Waals surface area contributed by atoms with Crippen molar-refractivity contribution in [3.63, 3.8) is 0 Å². The van der Waals surface area contributed by atoms with Gasteiger partial charge in [0.2, 0.25) is 17.6 Å². The van der Waals surface area contributed by atoms with Crippen LogP contribution in [0.5, 0.6) is 0 Å². The third-order valence-corrected chi connectivity index (χ3v) is 8.66. The summed E-state index contributed by atoms with van der Waals surface area (Å²) in [5.74, 6) is -8.08. The predicted octanol–water partition coefficient (Wildman–Crippen LogP) is 1.52. The van der Waals surface area contributed by atoms with E-state index in [4.69, 9.17) is 0 Å². The number of nitrogens with one attached hydrogen (secondary N) is 4. The Bertz CT molecular complexity index is 1520. The standard InChI is InChI=1S/C30H39F2N7O6/c1-4-34-27(44)23(40)10-9-20(35-26(43)22-15-33-17-38(22)3)25(42)36-21-8-6-12-39(28(21)45)16-24(41)37-29-11-5-7-19(14-29)30(31,32)18(2)13-29/h6,8,12,15,17-20H,4-5,7,9-11,13-14,16H2,1-3H3,(H,34,44)(H,35,43)(H,36,42)(H,37,41). The molecule has 4 rings (SSSR count). The van der Waals surface area contributed by atoms with Gasteiger partial charge in [0, 0.05) is 43.6 Å². The summed E-state index contributed by atoms with van der Waals surface area (Å²) in [6.07, 6.45) is 5.31. The number of fused-ring (bicyclic) bond motifs is 2. The number of rotatable bonds is 12. The number of halogens is 2. The number of anilines is 1. The van der Waals surface area contributed by atoms with Gasteiger partial charge in [0.1, 0.15) is 24.0 Å². The minimum atomic E-state index is -2.79. The lowest BCUT2D eigenvalue weighted by molar-refractivity contribution is -0.164. The van der Waals surface area contributed by atoms with Crippen LogP contribution in [-0.4, -0.2) is 67.6 Å². The lowest BCUT2D eigenvalue weighted by atomic mass is 9.62. The molecule has 4 N–H and O–H groups in total. The maximum atomic E-state index is 14.6. The van der Waals surface area contributed by atoms with E-state index in [0.29, 0.717) is 19.3 Å². The van der Waals surface area contributed by atoms with Crippen LogP contribution in [0.15, 0.2) is 35.6 Å². The number of alkyl halides is 2. The van der Waals surface area contributed by atoms with Gasteiger partial charge in [0.15, 0.2) is 0 Å². The first kappa shape index (κ1) is 33.5. The van der Waals surface area contributed by atoms with Crippen molar-refractivity contribution in [3.05, 3.63) is 46.9 Å². The number of imidazole rings is 1. The molecular weight excluding hydrogens is 592 g/mol. The monoisotopic (exact) mass is 631 g/mol. The predicted molar refractivity (Wildman–Crippen MR) is 158 cm³/mol. The van der Waals surface area contributed by atoms with Crippen molar-refractivity contribution < 1.29 is 32.8 Å². The van der Waals surface area contributed by atoms with Crippen LogP contribution in [0.25, 0.3) is 0 Å². The zero-order valence-electron chi connectivity index (χ0n) is 25.5. The minimum Gasteiger partial charge on any atom is -0.350 e. The van der Waals surface area contributed by atoms with Gasteiger partial charge in [0.25, 0.3) is 23.3 Å². The summed E-state index contributed by atoms with van der Waals surface area (Å²) in [4.78, 5) is 80.5. The first-order valence-corrected chi connectivity index (χ1v) is 15.0. The molecule has 2 bridgehead atoms. The first-order chi connectivity index (χ1) is 21.3.